The summed E-state index contributed by atoms with van der Waals surface area (Å²) in [6.45, 7) is 3.66. The molecule has 0 saturated heterocycles. The number of aryl methyl sites for hydroxylation is 1. The fourth-order valence-electron chi connectivity index (χ4n) is 6.03. The third kappa shape index (κ3) is 7.20. The van der Waals surface area contributed by atoms with Crippen LogP contribution in [0.1, 0.15) is 43.7 Å². The highest BCUT2D eigenvalue weighted by molar-refractivity contribution is 7.99. The Labute approximate surface area is 243 Å². The lowest BCUT2D eigenvalue weighted by Gasteiger charge is -2.45. The molecule has 0 N–H and O–H groups in total. The average Bonchev–Trinajstić information content (AvgIpc) is 2.92. The zero-order valence-electron chi connectivity index (χ0n) is 22.7. The highest BCUT2D eigenvalue weighted by Gasteiger charge is 2.40. The van der Waals surface area contributed by atoms with E-state index in [9.17, 15) is 9.00 Å². The number of fused-ring (bicyclic) bond motifs is 3. The van der Waals surface area contributed by atoms with Gasteiger partial charge in [0.1, 0.15) is 11.7 Å². The van der Waals surface area contributed by atoms with E-state index in [2.05, 4.69) is 40.5 Å². The van der Waals surface area contributed by atoms with Gasteiger partial charge >= 0.3 is 0 Å². The number of halogens is 1. The molecule has 5 rings (SSSR count). The molecule has 1 fully saturated rings. The maximum absolute atomic E-state index is 13.2. The molecule has 39 heavy (non-hydrogen) atoms. The van der Waals surface area contributed by atoms with Crippen LogP contribution in [0.4, 0.5) is 0 Å². The van der Waals surface area contributed by atoms with E-state index in [-0.39, 0.29) is 24.0 Å². The van der Waals surface area contributed by atoms with Gasteiger partial charge in [0.2, 0.25) is 5.91 Å². The molecule has 2 heterocycles. The number of amides is 1. The van der Waals surface area contributed by atoms with Crippen molar-refractivity contribution in [1.82, 2.24) is 4.90 Å². The molecule has 2 aliphatic carbocycles. The zero-order valence-corrected chi connectivity index (χ0v) is 25.1. The van der Waals surface area contributed by atoms with Crippen molar-refractivity contribution in [3.63, 3.8) is 0 Å². The van der Waals surface area contributed by atoms with Gasteiger partial charge in [-0.1, -0.05) is 54.5 Å². The topological polar surface area (TPSA) is 68.2 Å². The Balaban J connectivity index is 1.54. The van der Waals surface area contributed by atoms with Crippen molar-refractivity contribution >= 4 is 39.9 Å². The largest absolute Gasteiger partial charge is 0.486 e. The van der Waals surface area contributed by atoms with E-state index in [1.807, 2.05) is 18.2 Å². The van der Waals surface area contributed by atoms with Gasteiger partial charge in [-0.3, -0.25) is 9.69 Å². The normalized spacial score (nSPS) is 32.1. The molecule has 5 atom stereocenters. The first-order chi connectivity index (χ1) is 18.9. The summed E-state index contributed by atoms with van der Waals surface area (Å²) < 4.78 is 29.1. The minimum Gasteiger partial charge on any atom is -0.486 e. The smallest absolute Gasteiger partial charge is 0.249 e. The number of allylic oxidation sites excluding steroid dienone is 3. The fraction of sp³-hybridized carbons (Fsp3) is 0.567. The van der Waals surface area contributed by atoms with Crippen LogP contribution in [-0.4, -0.2) is 54.1 Å². The fourth-order valence-corrected chi connectivity index (χ4v) is 7.93. The molecule has 4 aliphatic rings. The Morgan fingerprint density at radius 2 is 2.10 bits per heavy atom. The van der Waals surface area contributed by atoms with Crippen molar-refractivity contribution in [3.8, 4) is 0 Å². The van der Waals surface area contributed by atoms with Crippen LogP contribution in [0.25, 0.3) is 0 Å². The number of rotatable bonds is 1. The standard InChI is InChI=1S/C30H38ClN2O4S2/c1-20-4-3-5-28(36-2)26-10-7-24(26)17-33-16-23-6-9-25(31)14-21(23)12-13-38-19-37-29-11-8-22(15-27(29)33)30(34)32-39(35)18-20/h3,5-6,8-9,11,14,20,24,26-28H,4,7,10,12-13,15-19H2,1-2H3/q-1/b5-3+/t20-,24-,26+,27?,28-/m0/s1. The van der Waals surface area contributed by atoms with E-state index in [4.69, 9.17) is 21.1 Å². The third-order valence-electron chi connectivity index (χ3n) is 8.39. The van der Waals surface area contributed by atoms with Crippen LogP contribution < -0.4 is 0 Å². The first-order valence-corrected chi connectivity index (χ1v) is 16.7. The van der Waals surface area contributed by atoms with Crippen molar-refractivity contribution in [2.24, 2.45) is 22.1 Å². The summed E-state index contributed by atoms with van der Waals surface area (Å²) in [6.07, 6.45) is 12.6. The van der Waals surface area contributed by atoms with Crippen molar-refractivity contribution in [2.75, 3.05) is 31.1 Å². The summed E-state index contributed by atoms with van der Waals surface area (Å²) >= 11 is 8.16. The molecule has 212 valence electrons. The quantitative estimate of drug-likeness (QED) is 0.283. The zero-order chi connectivity index (χ0) is 27.4. The Morgan fingerprint density at radius 1 is 1.23 bits per heavy atom. The summed E-state index contributed by atoms with van der Waals surface area (Å²) in [5, 5.41) is 0.754. The van der Waals surface area contributed by atoms with Gasteiger partial charge in [-0.15, -0.1) is 11.8 Å². The van der Waals surface area contributed by atoms with Crippen molar-refractivity contribution < 1.29 is 18.5 Å². The molecular formula is C30H38ClN2O4S2-. The number of nitrogens with zero attached hydrogens (tertiary/aromatic N) is 2. The van der Waals surface area contributed by atoms with Crippen molar-refractivity contribution in [3.05, 3.63) is 70.0 Å². The second kappa shape index (κ2) is 13.4. The predicted molar refractivity (Wildman–Crippen MR) is 159 cm³/mol. The van der Waals surface area contributed by atoms with Crippen molar-refractivity contribution in [1.29, 1.82) is 0 Å². The number of thioether (sulfide) groups is 1. The van der Waals surface area contributed by atoms with Gasteiger partial charge < -0.3 is 18.0 Å². The van der Waals surface area contributed by atoms with Gasteiger partial charge in [-0.25, -0.2) is 0 Å². The summed E-state index contributed by atoms with van der Waals surface area (Å²) in [6, 6.07) is 6.10. The monoisotopic (exact) mass is 589 g/mol. The summed E-state index contributed by atoms with van der Waals surface area (Å²) in [7, 11) is 0.232. The Bertz CT molecular complexity index is 1240. The van der Waals surface area contributed by atoms with E-state index < -0.39 is 10.6 Å². The van der Waals surface area contributed by atoms with Gasteiger partial charge in [0, 0.05) is 43.0 Å². The third-order valence-corrected chi connectivity index (χ3v) is 10.6. The van der Waals surface area contributed by atoms with Crippen LogP contribution in [0.15, 0.2) is 58.2 Å². The first kappa shape index (κ1) is 28.9. The maximum Gasteiger partial charge on any atom is 0.249 e. The lowest BCUT2D eigenvalue weighted by Crippen LogP contribution is -2.47. The second-order valence-electron chi connectivity index (χ2n) is 11.1. The molecule has 1 unspecified atom stereocenters. The minimum atomic E-state index is -1.56. The number of carbonyl (C=O) groups excluding carboxylic acids is 1. The lowest BCUT2D eigenvalue weighted by molar-refractivity contribution is -0.114. The van der Waals surface area contributed by atoms with Crippen LogP contribution in [0, 0.1) is 17.8 Å². The van der Waals surface area contributed by atoms with Crippen LogP contribution in [-0.2, 0) is 42.0 Å². The van der Waals surface area contributed by atoms with Crippen LogP contribution in [0.3, 0.4) is 0 Å². The molecule has 1 amide bonds. The lowest BCUT2D eigenvalue weighted by atomic mass is 9.70. The second-order valence-corrected chi connectivity index (χ2v) is 13.7. The number of carbonyl (C=O) groups is 1. The van der Waals surface area contributed by atoms with Gasteiger partial charge in [0.05, 0.1) is 12.1 Å². The average molecular weight is 590 g/mol. The molecular weight excluding hydrogens is 552 g/mol. The van der Waals surface area contributed by atoms with Crippen LogP contribution >= 0.6 is 23.4 Å². The molecule has 9 heteroatoms. The summed E-state index contributed by atoms with van der Waals surface area (Å²) in [5.74, 6) is 3.43. The number of hydrogen-bond acceptors (Lipinski definition) is 7. The molecule has 2 bridgehead atoms. The number of methoxy groups -OCH3 is 1. The summed E-state index contributed by atoms with van der Waals surface area (Å²) in [5.41, 5.74) is 3.11. The van der Waals surface area contributed by atoms with Gasteiger partial charge in [0.25, 0.3) is 0 Å². The molecule has 2 aliphatic heterocycles. The molecule has 1 saturated carbocycles. The van der Waals surface area contributed by atoms with Crippen LogP contribution in [0.2, 0.25) is 5.02 Å². The Kier molecular flexibility index (Phi) is 9.93. The number of hydrogen-bond donors (Lipinski definition) is 0. The molecule has 0 radical (unpaired) electrons. The maximum atomic E-state index is 13.2. The van der Waals surface area contributed by atoms with E-state index in [1.165, 1.54) is 11.1 Å². The molecule has 1 aromatic rings. The predicted octanol–water partition coefficient (Wildman–Crippen LogP) is 6.30. The summed E-state index contributed by atoms with van der Waals surface area (Å²) in [4.78, 5) is 15.6. The highest BCUT2D eigenvalue weighted by atomic mass is 35.5. The molecule has 0 aromatic heterocycles. The van der Waals surface area contributed by atoms with E-state index in [0.717, 1.165) is 55.3 Å². The minimum absolute atomic E-state index is 0.0557. The highest BCUT2D eigenvalue weighted by Crippen LogP contribution is 2.41. The van der Waals surface area contributed by atoms with Gasteiger partial charge in [-0.05, 0) is 66.9 Å². The van der Waals surface area contributed by atoms with Gasteiger partial charge in [0.15, 0.2) is 0 Å². The van der Waals surface area contributed by atoms with E-state index >= 15 is 0 Å². The van der Waals surface area contributed by atoms with E-state index in [1.54, 1.807) is 18.9 Å². The molecule has 1 aromatic carbocycles. The number of benzene rings is 1. The van der Waals surface area contributed by atoms with Crippen LogP contribution in [0.5, 0.6) is 0 Å². The van der Waals surface area contributed by atoms with Gasteiger partial charge in [-0.2, -0.15) is 10.6 Å². The van der Waals surface area contributed by atoms with Crippen molar-refractivity contribution in [2.45, 2.75) is 57.7 Å². The van der Waals surface area contributed by atoms with E-state index in [0.29, 0.717) is 35.5 Å². The number of ether oxygens (including phenoxy) is 2. The SMILES string of the molecule is CO[C@H]1/C=C/C[C@H](C)C[S-](=O)=NC(=O)C2=CC=C3OCSCCc4cc(Cl)ccc4CN(C[C@@H]4CC[C@H]41)C3C2. The molecule has 0 spiro atoms. The Morgan fingerprint density at radius 3 is 2.90 bits per heavy atom. The molecule has 6 nitrogen and oxygen atoms in total. The Hall–Kier alpha value is -1.58. The first-order valence-electron chi connectivity index (χ1n) is 13.9.